The van der Waals surface area contributed by atoms with Crippen LogP contribution in [0.5, 0.6) is 0 Å². The third kappa shape index (κ3) is 65.2. The first-order chi connectivity index (χ1) is 38.5. The summed E-state index contributed by atoms with van der Waals surface area (Å²) in [5.74, 6) is -0.830. The van der Waals surface area contributed by atoms with E-state index >= 15 is 0 Å². The van der Waals surface area contributed by atoms with Crippen LogP contribution in [0.15, 0.2) is 0 Å². The van der Waals surface area contributed by atoms with Gasteiger partial charge in [0.15, 0.2) is 6.10 Å². The molecule has 0 aliphatic carbocycles. The Labute approximate surface area is 488 Å². The number of carbonyl (C=O) groups is 3. The van der Waals surface area contributed by atoms with Crippen molar-refractivity contribution in [2.45, 2.75) is 431 Å². The molecule has 0 fully saturated rings. The second-order valence-electron chi connectivity index (χ2n) is 24.9. The first-order valence-electron chi connectivity index (χ1n) is 36.0. The van der Waals surface area contributed by atoms with Crippen molar-refractivity contribution >= 4 is 17.9 Å². The van der Waals surface area contributed by atoms with Gasteiger partial charge in [0.05, 0.1) is 0 Å². The molecule has 0 N–H and O–H groups in total. The van der Waals surface area contributed by atoms with Crippen LogP contribution in [0.4, 0.5) is 0 Å². The average molecular weight is 1100 g/mol. The van der Waals surface area contributed by atoms with Gasteiger partial charge in [0.25, 0.3) is 0 Å². The largest absolute Gasteiger partial charge is 0.462 e. The molecule has 0 heterocycles. The van der Waals surface area contributed by atoms with Gasteiger partial charge in [-0.1, -0.05) is 387 Å². The zero-order chi connectivity index (χ0) is 56.4. The lowest BCUT2D eigenvalue weighted by Crippen LogP contribution is -2.30. The highest BCUT2D eigenvalue weighted by Crippen LogP contribution is 2.20. The van der Waals surface area contributed by atoms with Crippen LogP contribution in [0.2, 0.25) is 0 Å². The molecule has 0 bridgehead atoms. The molecule has 0 aromatic rings. The van der Waals surface area contributed by atoms with E-state index in [-0.39, 0.29) is 31.1 Å². The Balaban J connectivity index is 3.95. The summed E-state index contributed by atoms with van der Waals surface area (Å²) in [5, 5.41) is 0. The maximum absolute atomic E-state index is 12.9. The standard InChI is InChI=1S/C72H140O6/c1-4-7-10-13-16-19-21-23-25-27-29-30-31-32-33-34-35-36-37-38-39-40-41-42-44-45-47-49-51-53-56-59-62-65-71(74)77-68-69(67-76-70(73)64-61-58-55-18-15-12-9-6-3)78-72(75)66-63-60-57-54-52-50-48-46-43-28-26-24-22-20-17-14-11-8-5-2/h69H,4-68H2,1-3H3. The Bertz CT molecular complexity index is 1170. The summed E-state index contributed by atoms with van der Waals surface area (Å²) in [6, 6.07) is 0. The van der Waals surface area contributed by atoms with Gasteiger partial charge in [-0.3, -0.25) is 14.4 Å². The topological polar surface area (TPSA) is 78.9 Å². The van der Waals surface area contributed by atoms with Gasteiger partial charge in [0.1, 0.15) is 13.2 Å². The SMILES string of the molecule is CCCCCCCCCCCCCCCCCCCCCCCCCCCCCCCCCCCC(=O)OCC(COC(=O)CCCCCCCCCC)OC(=O)CCCCCCCCCCCCCCCCCCCCC. The molecule has 0 aliphatic heterocycles. The number of esters is 3. The minimum atomic E-state index is -0.762. The van der Waals surface area contributed by atoms with Crippen LogP contribution in [0.1, 0.15) is 425 Å². The van der Waals surface area contributed by atoms with E-state index in [1.807, 2.05) is 0 Å². The summed E-state index contributed by atoms with van der Waals surface area (Å²) in [4.78, 5) is 38.2. The zero-order valence-corrected chi connectivity index (χ0v) is 53.5. The molecule has 0 amide bonds. The van der Waals surface area contributed by atoms with Crippen molar-refractivity contribution in [2.75, 3.05) is 13.2 Å². The molecule has 78 heavy (non-hydrogen) atoms. The summed E-state index contributed by atoms with van der Waals surface area (Å²) in [5.41, 5.74) is 0. The highest BCUT2D eigenvalue weighted by atomic mass is 16.6. The second kappa shape index (κ2) is 67.9. The van der Waals surface area contributed by atoms with Gasteiger partial charge in [0, 0.05) is 19.3 Å². The molecule has 1 atom stereocenters. The highest BCUT2D eigenvalue weighted by molar-refractivity contribution is 5.71. The average Bonchev–Trinajstić information content (AvgIpc) is 3.44. The quantitative estimate of drug-likeness (QED) is 0.0343. The number of rotatable bonds is 68. The molecule has 0 aromatic carbocycles. The smallest absolute Gasteiger partial charge is 0.306 e. The summed E-state index contributed by atoms with van der Waals surface area (Å²) in [7, 11) is 0. The van der Waals surface area contributed by atoms with Crippen LogP contribution < -0.4 is 0 Å². The van der Waals surface area contributed by atoms with E-state index in [0.29, 0.717) is 19.3 Å². The molecule has 0 radical (unpaired) electrons. The number of hydrogen-bond donors (Lipinski definition) is 0. The minimum absolute atomic E-state index is 0.0611. The molecule has 0 saturated heterocycles. The van der Waals surface area contributed by atoms with E-state index in [2.05, 4.69) is 20.8 Å². The van der Waals surface area contributed by atoms with Gasteiger partial charge in [-0.05, 0) is 19.3 Å². The van der Waals surface area contributed by atoms with E-state index in [1.54, 1.807) is 0 Å². The maximum atomic E-state index is 12.9. The first-order valence-corrected chi connectivity index (χ1v) is 36.0. The van der Waals surface area contributed by atoms with E-state index in [0.717, 1.165) is 57.8 Å². The predicted molar refractivity (Wildman–Crippen MR) is 340 cm³/mol. The molecule has 0 spiro atoms. The summed E-state index contributed by atoms with van der Waals surface area (Å²) >= 11 is 0. The highest BCUT2D eigenvalue weighted by Gasteiger charge is 2.20. The summed E-state index contributed by atoms with van der Waals surface area (Å²) < 4.78 is 16.9. The predicted octanol–water partition coefficient (Wildman–Crippen LogP) is 24.6. The van der Waals surface area contributed by atoms with Crippen LogP contribution in [0.25, 0.3) is 0 Å². The van der Waals surface area contributed by atoms with Gasteiger partial charge in [-0.25, -0.2) is 0 Å². The van der Waals surface area contributed by atoms with Crippen molar-refractivity contribution in [3.05, 3.63) is 0 Å². The van der Waals surface area contributed by atoms with Crippen LogP contribution in [0, 0.1) is 0 Å². The van der Waals surface area contributed by atoms with E-state index < -0.39 is 6.10 Å². The normalized spacial score (nSPS) is 11.9. The molecule has 0 aliphatic rings. The number of hydrogen-bond acceptors (Lipinski definition) is 6. The van der Waals surface area contributed by atoms with Crippen molar-refractivity contribution in [1.82, 2.24) is 0 Å². The third-order valence-corrected chi connectivity index (χ3v) is 16.9. The Morgan fingerprint density at radius 2 is 0.346 bits per heavy atom. The minimum Gasteiger partial charge on any atom is -0.462 e. The molecular weight excluding hydrogens is 961 g/mol. The van der Waals surface area contributed by atoms with Gasteiger partial charge >= 0.3 is 17.9 Å². The maximum Gasteiger partial charge on any atom is 0.306 e. The lowest BCUT2D eigenvalue weighted by molar-refractivity contribution is -0.167. The first kappa shape index (κ1) is 76.4. The third-order valence-electron chi connectivity index (χ3n) is 16.9. The van der Waals surface area contributed by atoms with Crippen LogP contribution in [0.3, 0.4) is 0 Å². The number of ether oxygens (including phenoxy) is 3. The van der Waals surface area contributed by atoms with E-state index in [4.69, 9.17) is 14.2 Å². The fourth-order valence-corrected chi connectivity index (χ4v) is 11.5. The zero-order valence-electron chi connectivity index (χ0n) is 53.5. The Morgan fingerprint density at radius 1 is 0.205 bits per heavy atom. The summed E-state index contributed by atoms with van der Waals surface area (Å²) in [6.45, 7) is 6.70. The van der Waals surface area contributed by atoms with E-state index in [9.17, 15) is 14.4 Å². The van der Waals surface area contributed by atoms with Crippen LogP contribution in [-0.2, 0) is 28.6 Å². The molecule has 6 nitrogen and oxygen atoms in total. The molecule has 464 valence electrons. The van der Waals surface area contributed by atoms with Crippen molar-refractivity contribution in [2.24, 2.45) is 0 Å². The van der Waals surface area contributed by atoms with Crippen LogP contribution in [-0.4, -0.2) is 37.2 Å². The fourth-order valence-electron chi connectivity index (χ4n) is 11.5. The lowest BCUT2D eigenvalue weighted by atomic mass is 10.0. The van der Waals surface area contributed by atoms with Crippen molar-refractivity contribution < 1.29 is 28.6 Å². The van der Waals surface area contributed by atoms with Crippen molar-refractivity contribution in [3.8, 4) is 0 Å². The van der Waals surface area contributed by atoms with Crippen molar-refractivity contribution in [1.29, 1.82) is 0 Å². The van der Waals surface area contributed by atoms with Gasteiger partial charge in [-0.2, -0.15) is 0 Å². The molecule has 6 heteroatoms. The molecular formula is C72H140O6. The second-order valence-corrected chi connectivity index (χ2v) is 24.9. The summed E-state index contributed by atoms with van der Waals surface area (Å²) in [6.07, 6.45) is 80.3. The van der Waals surface area contributed by atoms with Gasteiger partial charge < -0.3 is 14.2 Å². The van der Waals surface area contributed by atoms with Gasteiger partial charge in [0.2, 0.25) is 0 Å². The Kier molecular flexibility index (Phi) is 66.5. The van der Waals surface area contributed by atoms with Crippen LogP contribution >= 0.6 is 0 Å². The Morgan fingerprint density at radius 3 is 0.513 bits per heavy atom. The number of unbranched alkanes of at least 4 members (excludes halogenated alkanes) is 57. The Hall–Kier alpha value is -1.59. The lowest BCUT2D eigenvalue weighted by Gasteiger charge is -2.18. The monoisotopic (exact) mass is 1100 g/mol. The van der Waals surface area contributed by atoms with E-state index in [1.165, 1.54) is 327 Å². The van der Waals surface area contributed by atoms with Gasteiger partial charge in [-0.15, -0.1) is 0 Å². The molecule has 0 aromatic heterocycles. The molecule has 0 saturated carbocycles. The molecule has 1 unspecified atom stereocenters. The fraction of sp³-hybridized carbons (Fsp3) is 0.958. The van der Waals surface area contributed by atoms with Crippen molar-refractivity contribution in [3.63, 3.8) is 0 Å². The molecule has 0 rings (SSSR count). The number of carbonyl (C=O) groups excluding carboxylic acids is 3.